The van der Waals surface area contributed by atoms with Crippen molar-refractivity contribution in [2.24, 2.45) is 5.41 Å². The largest absolute Gasteiger partial charge is 0.462 e. The van der Waals surface area contributed by atoms with E-state index >= 15 is 0 Å². The molecule has 2 aromatic carbocycles. The van der Waals surface area contributed by atoms with E-state index in [1.165, 1.54) is 16.6 Å². The first-order valence-electron chi connectivity index (χ1n) is 18.0. The molecule has 1 amide bonds. The fraction of sp³-hybridized carbons (Fsp3) is 0.487. The van der Waals surface area contributed by atoms with Gasteiger partial charge in [0.1, 0.15) is 18.3 Å². The fourth-order valence-electron chi connectivity index (χ4n) is 8.24. The number of nitrogens with one attached hydrogen (secondary N) is 2. The summed E-state index contributed by atoms with van der Waals surface area (Å²) in [6.45, 7) is 6.37. The van der Waals surface area contributed by atoms with E-state index in [2.05, 4.69) is 51.0 Å². The lowest BCUT2D eigenvalue weighted by molar-refractivity contribution is -0.149. The summed E-state index contributed by atoms with van der Waals surface area (Å²) < 4.78 is 24.1. The van der Waals surface area contributed by atoms with E-state index in [1.54, 1.807) is 0 Å². The summed E-state index contributed by atoms with van der Waals surface area (Å²) >= 11 is 0. The van der Waals surface area contributed by atoms with Gasteiger partial charge in [-0.15, -0.1) is 0 Å². The maximum atomic E-state index is 14.6. The van der Waals surface area contributed by atoms with Crippen LogP contribution in [-0.2, 0) is 41.4 Å². The predicted molar refractivity (Wildman–Crippen MR) is 191 cm³/mol. The number of aliphatic hydroxyl groups excluding tert-OH is 1. The molecule has 2 aromatic heterocycles. The Balaban J connectivity index is 1.10. The average Bonchev–Trinajstić information content (AvgIpc) is 3.71. The van der Waals surface area contributed by atoms with Crippen LogP contribution in [0.3, 0.4) is 0 Å². The number of carbonyl (C=O) groups is 2. The van der Waals surface area contributed by atoms with Crippen LogP contribution in [0.25, 0.3) is 27.5 Å². The quantitative estimate of drug-likeness (QED) is 0.111. The number of esters is 1. The Labute approximate surface area is 292 Å². The van der Waals surface area contributed by atoms with E-state index < -0.39 is 12.0 Å². The summed E-state index contributed by atoms with van der Waals surface area (Å²) in [4.78, 5) is 34.3. The summed E-state index contributed by atoms with van der Waals surface area (Å²) in [6.07, 6.45) is 6.46. The number of nitrogens with zero attached hydrogens (tertiary/aromatic N) is 2. The molecule has 1 fully saturated rings. The standard InChI is InChI=1S/C39H48N4O7/c1-2-39-13-7-14-42-15-12-30-29-9-4-6-11-33(29)43(35(30)36(39)42)34(26-39)37(45)41-32(25-28-24-27-8-3-5-10-31(27)40-28)38(46)50-23-22-49-21-20-48-19-18-47-17-16-44/h3-6,8-11,24,26,32,36,40,44H,2,7,12-23,25H2,1H3,(H,41,45)/t32-,36+,39-/m0/s1. The number of hydrogen-bond acceptors (Lipinski definition) is 8. The van der Waals surface area contributed by atoms with E-state index in [0.29, 0.717) is 32.1 Å². The molecule has 0 bridgehead atoms. The molecule has 3 N–H and O–H groups in total. The van der Waals surface area contributed by atoms with Crippen LogP contribution >= 0.6 is 0 Å². The van der Waals surface area contributed by atoms with Crippen LogP contribution < -0.4 is 5.32 Å². The van der Waals surface area contributed by atoms with Gasteiger partial charge in [0, 0.05) is 40.7 Å². The van der Waals surface area contributed by atoms with Crippen LogP contribution in [0, 0.1) is 5.41 Å². The maximum Gasteiger partial charge on any atom is 0.329 e. The zero-order valence-electron chi connectivity index (χ0n) is 28.8. The van der Waals surface area contributed by atoms with E-state index in [9.17, 15) is 9.59 Å². The SMILES string of the molecule is CC[C@@]12C=C(C(=O)N[C@@H](Cc3cc4ccccc4[nH]3)C(=O)OCCOCCOCCOCCO)n3c4c(c5ccccc53)CCN(CCC1)[C@H]42. The average molecular weight is 685 g/mol. The van der Waals surface area contributed by atoms with Crippen molar-refractivity contribution >= 4 is 39.4 Å². The molecule has 7 rings (SSSR count). The monoisotopic (exact) mass is 684 g/mol. The van der Waals surface area contributed by atoms with Gasteiger partial charge in [-0.1, -0.05) is 43.3 Å². The van der Waals surface area contributed by atoms with Gasteiger partial charge in [0.2, 0.25) is 0 Å². The van der Waals surface area contributed by atoms with Crippen molar-refractivity contribution in [3.05, 3.63) is 77.6 Å². The minimum Gasteiger partial charge on any atom is -0.462 e. The second-order valence-electron chi connectivity index (χ2n) is 13.5. The Bertz CT molecular complexity index is 1810. The third kappa shape index (κ3) is 6.85. The highest BCUT2D eigenvalue weighted by Crippen LogP contribution is 2.57. The zero-order valence-corrected chi connectivity index (χ0v) is 28.8. The van der Waals surface area contributed by atoms with Gasteiger partial charge in [-0.05, 0) is 67.5 Å². The van der Waals surface area contributed by atoms with Crippen LogP contribution in [0.4, 0.5) is 0 Å². The van der Waals surface area contributed by atoms with Crippen molar-refractivity contribution in [2.75, 3.05) is 65.9 Å². The highest BCUT2D eigenvalue weighted by Gasteiger charge is 2.51. The second-order valence-corrected chi connectivity index (χ2v) is 13.5. The van der Waals surface area contributed by atoms with Crippen molar-refractivity contribution in [1.82, 2.24) is 19.8 Å². The molecular weight excluding hydrogens is 636 g/mol. The van der Waals surface area contributed by atoms with Crippen LogP contribution in [0.15, 0.2) is 60.7 Å². The van der Waals surface area contributed by atoms with Crippen molar-refractivity contribution in [3.8, 4) is 0 Å². The smallest absolute Gasteiger partial charge is 0.329 e. The first-order chi connectivity index (χ1) is 24.5. The van der Waals surface area contributed by atoms with Crippen molar-refractivity contribution < 1.29 is 33.6 Å². The van der Waals surface area contributed by atoms with Crippen molar-refractivity contribution in [2.45, 2.75) is 51.1 Å². The molecule has 11 nitrogen and oxygen atoms in total. The Morgan fingerprint density at radius 3 is 2.50 bits per heavy atom. The lowest BCUT2D eigenvalue weighted by Gasteiger charge is -2.53. The van der Waals surface area contributed by atoms with Gasteiger partial charge in [-0.3, -0.25) is 9.69 Å². The molecule has 0 unspecified atom stereocenters. The number of benzene rings is 2. The van der Waals surface area contributed by atoms with Crippen molar-refractivity contribution in [1.29, 1.82) is 0 Å². The molecule has 1 saturated heterocycles. The number of rotatable bonds is 17. The predicted octanol–water partition coefficient (Wildman–Crippen LogP) is 4.38. The number of hydrogen-bond donors (Lipinski definition) is 3. The van der Waals surface area contributed by atoms with Crippen LogP contribution in [0.5, 0.6) is 0 Å². The maximum absolute atomic E-state index is 14.6. The summed E-state index contributed by atoms with van der Waals surface area (Å²) in [7, 11) is 0. The van der Waals surface area contributed by atoms with Gasteiger partial charge >= 0.3 is 5.97 Å². The first kappa shape index (κ1) is 34.4. The van der Waals surface area contributed by atoms with Gasteiger partial charge in [0.15, 0.2) is 0 Å². The van der Waals surface area contributed by atoms with Gasteiger partial charge in [-0.2, -0.15) is 0 Å². The highest BCUT2D eigenvalue weighted by atomic mass is 16.6. The van der Waals surface area contributed by atoms with E-state index in [4.69, 9.17) is 24.1 Å². The summed E-state index contributed by atoms with van der Waals surface area (Å²) in [5, 5.41) is 14.1. The lowest BCUT2D eigenvalue weighted by atomic mass is 9.66. The third-order valence-electron chi connectivity index (χ3n) is 10.5. The molecule has 3 aliphatic heterocycles. The molecule has 266 valence electrons. The number of aromatic amines is 1. The molecule has 4 aromatic rings. The Morgan fingerprint density at radius 2 is 1.72 bits per heavy atom. The van der Waals surface area contributed by atoms with Crippen LogP contribution in [0.1, 0.15) is 49.2 Å². The Kier molecular flexibility index (Phi) is 10.7. The number of carbonyl (C=O) groups excluding carboxylic acids is 2. The number of H-pyrrole nitrogens is 1. The molecule has 0 radical (unpaired) electrons. The number of para-hydroxylation sites is 2. The van der Waals surface area contributed by atoms with Crippen LogP contribution in [-0.4, -0.2) is 103 Å². The summed E-state index contributed by atoms with van der Waals surface area (Å²) in [5.74, 6) is -0.794. The van der Waals surface area contributed by atoms with Gasteiger partial charge in [-0.25, -0.2) is 4.79 Å². The number of fused-ring (bicyclic) bond motifs is 4. The molecule has 50 heavy (non-hydrogen) atoms. The Morgan fingerprint density at radius 1 is 0.980 bits per heavy atom. The van der Waals surface area contributed by atoms with E-state index in [0.717, 1.165) is 60.9 Å². The second kappa shape index (κ2) is 15.5. The van der Waals surface area contributed by atoms with E-state index in [-0.39, 0.29) is 50.2 Å². The zero-order chi connectivity index (χ0) is 34.5. The molecule has 3 aliphatic rings. The molecule has 0 aliphatic carbocycles. The minimum absolute atomic E-state index is 0.0170. The number of piperidine rings is 1. The summed E-state index contributed by atoms with van der Waals surface area (Å²) in [6, 6.07) is 17.7. The number of aliphatic hydroxyl groups is 1. The van der Waals surface area contributed by atoms with Gasteiger partial charge < -0.3 is 38.9 Å². The van der Waals surface area contributed by atoms with Crippen LogP contribution in [0.2, 0.25) is 0 Å². The van der Waals surface area contributed by atoms with Crippen molar-refractivity contribution in [3.63, 3.8) is 0 Å². The van der Waals surface area contributed by atoms with Gasteiger partial charge in [0.25, 0.3) is 5.91 Å². The molecule has 0 spiro atoms. The highest BCUT2D eigenvalue weighted by molar-refractivity contribution is 6.17. The number of aromatic nitrogens is 2. The lowest BCUT2D eigenvalue weighted by Crippen LogP contribution is -2.52. The molecular formula is C39H48N4O7. The third-order valence-corrected chi connectivity index (χ3v) is 10.5. The molecule has 11 heteroatoms. The topological polar surface area (TPSA) is 127 Å². The van der Waals surface area contributed by atoms with Gasteiger partial charge in [0.05, 0.1) is 57.8 Å². The minimum atomic E-state index is -0.922. The number of amides is 1. The fourth-order valence-corrected chi connectivity index (χ4v) is 8.24. The molecule has 5 heterocycles. The summed E-state index contributed by atoms with van der Waals surface area (Å²) in [5.41, 5.74) is 5.84. The molecule has 0 saturated carbocycles. The Hall–Kier alpha value is -4.00. The number of ether oxygens (including phenoxy) is 4. The normalized spacial score (nSPS) is 20.4. The molecule has 3 atom stereocenters. The first-order valence-corrected chi connectivity index (χ1v) is 18.0. The van der Waals surface area contributed by atoms with E-state index in [1.807, 2.05) is 36.4 Å².